The molecule has 1 amide bonds. The van der Waals surface area contributed by atoms with Gasteiger partial charge in [0.05, 0.1) is 4.92 Å². The molecular weight excluding hydrogens is 459 g/mol. The maximum absolute atomic E-state index is 12.5. The van der Waals surface area contributed by atoms with Crippen molar-refractivity contribution in [3.8, 4) is 5.75 Å². The molecule has 9 nitrogen and oxygen atoms in total. The summed E-state index contributed by atoms with van der Waals surface area (Å²) in [7, 11) is 0. The van der Waals surface area contributed by atoms with E-state index < -0.39 is 11.0 Å². The lowest BCUT2D eigenvalue weighted by molar-refractivity contribution is -0.384. The fourth-order valence-corrected chi connectivity index (χ4v) is 3.98. The van der Waals surface area contributed by atoms with Crippen LogP contribution in [-0.4, -0.2) is 95.7 Å². The van der Waals surface area contributed by atoms with Crippen molar-refractivity contribution in [2.75, 3.05) is 59.0 Å². The smallest absolute Gasteiger partial charge is 0.269 e. The van der Waals surface area contributed by atoms with Crippen LogP contribution in [0, 0.1) is 10.1 Å². The summed E-state index contributed by atoms with van der Waals surface area (Å²) in [6, 6.07) is 5.81. The first-order chi connectivity index (χ1) is 14.5. The zero-order valence-electron chi connectivity index (χ0n) is 18.3. The molecule has 11 heteroatoms. The van der Waals surface area contributed by atoms with E-state index in [4.69, 9.17) is 4.74 Å². The molecule has 1 aromatic rings. The number of carbonyl (C=O) groups excluding carboxylic acids is 1. The molecule has 2 heterocycles. The second-order valence-electron chi connectivity index (χ2n) is 8.05. The van der Waals surface area contributed by atoms with Gasteiger partial charge in [-0.25, -0.2) is 0 Å². The van der Waals surface area contributed by atoms with Crippen LogP contribution in [0.15, 0.2) is 24.3 Å². The first-order valence-corrected chi connectivity index (χ1v) is 10.8. The molecule has 0 aromatic heterocycles. The van der Waals surface area contributed by atoms with Crippen molar-refractivity contribution in [2.24, 2.45) is 0 Å². The van der Waals surface area contributed by atoms with Gasteiger partial charge >= 0.3 is 0 Å². The van der Waals surface area contributed by atoms with Gasteiger partial charge in [0.15, 0.2) is 0 Å². The maximum Gasteiger partial charge on any atom is 0.269 e. The van der Waals surface area contributed by atoms with Crippen LogP contribution < -0.4 is 4.74 Å². The first kappa shape index (κ1) is 28.4. The Morgan fingerprint density at radius 3 is 2.22 bits per heavy atom. The van der Waals surface area contributed by atoms with E-state index in [2.05, 4.69) is 9.80 Å². The minimum absolute atomic E-state index is 0. The summed E-state index contributed by atoms with van der Waals surface area (Å²) in [6.07, 6.45) is 3.70. The molecule has 1 atom stereocenters. The highest BCUT2D eigenvalue weighted by Crippen LogP contribution is 2.17. The van der Waals surface area contributed by atoms with Crippen molar-refractivity contribution in [1.82, 2.24) is 14.7 Å². The van der Waals surface area contributed by atoms with E-state index in [1.807, 2.05) is 4.90 Å². The molecule has 3 rings (SSSR count). The van der Waals surface area contributed by atoms with E-state index in [0.717, 1.165) is 32.7 Å². The van der Waals surface area contributed by atoms with Gasteiger partial charge in [-0.3, -0.25) is 19.8 Å². The number of non-ortho nitro benzene ring substituents is 1. The second-order valence-corrected chi connectivity index (χ2v) is 8.05. The SMILES string of the molecule is Cl.Cl.O=C(CCN1CCCCC1)N1CCN(CC(O)COc2ccc([N+](=O)[O-])cc2)CC1. The van der Waals surface area contributed by atoms with Gasteiger partial charge in [0, 0.05) is 57.8 Å². The molecule has 0 spiro atoms. The number of rotatable bonds is 9. The molecule has 0 bridgehead atoms. The Morgan fingerprint density at radius 2 is 1.62 bits per heavy atom. The highest BCUT2D eigenvalue weighted by molar-refractivity contribution is 5.85. The average Bonchev–Trinajstić information content (AvgIpc) is 2.77. The summed E-state index contributed by atoms with van der Waals surface area (Å²) in [5.41, 5.74) is 0.00578. The molecule has 2 fully saturated rings. The third-order valence-corrected chi connectivity index (χ3v) is 5.77. The van der Waals surface area contributed by atoms with Crippen LogP contribution >= 0.6 is 24.8 Å². The number of halogens is 2. The van der Waals surface area contributed by atoms with Crippen molar-refractivity contribution in [3.63, 3.8) is 0 Å². The Hall–Kier alpha value is -1.65. The number of nitro groups is 1. The lowest BCUT2D eigenvalue weighted by Crippen LogP contribution is -2.51. The Balaban J connectivity index is 0.00000256. The maximum atomic E-state index is 12.5. The number of nitro benzene ring substituents is 1. The molecule has 0 aliphatic carbocycles. The largest absolute Gasteiger partial charge is 0.491 e. The fraction of sp³-hybridized carbons (Fsp3) is 0.667. The van der Waals surface area contributed by atoms with Crippen molar-refractivity contribution in [3.05, 3.63) is 34.4 Å². The molecule has 0 saturated carbocycles. The Labute approximate surface area is 201 Å². The van der Waals surface area contributed by atoms with Gasteiger partial charge in [-0.15, -0.1) is 24.8 Å². The number of carbonyl (C=O) groups is 1. The number of likely N-dealkylation sites (tertiary alicyclic amines) is 1. The normalized spacial score (nSPS) is 18.2. The van der Waals surface area contributed by atoms with E-state index in [1.54, 1.807) is 0 Å². The number of piperazine rings is 1. The summed E-state index contributed by atoms with van der Waals surface area (Å²) >= 11 is 0. The highest BCUT2D eigenvalue weighted by Gasteiger charge is 2.23. The summed E-state index contributed by atoms with van der Waals surface area (Å²) in [5.74, 6) is 0.714. The molecular formula is C21H34Cl2N4O5. The molecule has 1 N–H and O–H groups in total. The molecule has 182 valence electrons. The quantitative estimate of drug-likeness (QED) is 0.416. The van der Waals surface area contributed by atoms with Crippen LogP contribution in [0.1, 0.15) is 25.7 Å². The minimum atomic E-state index is -0.665. The third kappa shape index (κ3) is 9.07. The standard InChI is InChI=1S/C21H32N4O5.2ClH/c26-19(17-30-20-6-4-18(5-7-20)25(28)29)16-23-12-14-24(15-13-23)21(27)8-11-22-9-2-1-3-10-22;;/h4-7,19,26H,1-3,8-17H2;2*1H. The highest BCUT2D eigenvalue weighted by atomic mass is 35.5. The zero-order chi connectivity index (χ0) is 21.3. The number of hydrogen-bond acceptors (Lipinski definition) is 7. The topological polar surface area (TPSA) is 99.4 Å². The van der Waals surface area contributed by atoms with E-state index in [1.165, 1.54) is 43.5 Å². The molecule has 2 saturated heterocycles. The predicted molar refractivity (Wildman–Crippen MR) is 127 cm³/mol. The predicted octanol–water partition coefficient (Wildman–Crippen LogP) is 2.20. The zero-order valence-corrected chi connectivity index (χ0v) is 19.9. The van der Waals surface area contributed by atoms with Gasteiger partial charge < -0.3 is 19.6 Å². The van der Waals surface area contributed by atoms with Gasteiger partial charge in [0.2, 0.25) is 5.91 Å². The van der Waals surface area contributed by atoms with Gasteiger partial charge in [0.1, 0.15) is 18.5 Å². The van der Waals surface area contributed by atoms with Gasteiger partial charge in [-0.1, -0.05) is 6.42 Å². The van der Waals surface area contributed by atoms with Gasteiger partial charge in [0.25, 0.3) is 5.69 Å². The molecule has 0 radical (unpaired) electrons. The monoisotopic (exact) mass is 492 g/mol. The molecule has 2 aliphatic heterocycles. The lowest BCUT2D eigenvalue weighted by atomic mass is 10.1. The summed E-state index contributed by atoms with van der Waals surface area (Å²) in [6.45, 7) is 6.53. The van der Waals surface area contributed by atoms with Crippen molar-refractivity contribution >= 4 is 36.4 Å². The number of amides is 1. The van der Waals surface area contributed by atoms with E-state index in [-0.39, 0.29) is 43.0 Å². The number of aliphatic hydroxyl groups is 1. The summed E-state index contributed by atoms with van der Waals surface area (Å²) in [4.78, 5) is 29.1. The number of hydrogen-bond donors (Lipinski definition) is 1. The number of ether oxygens (including phenoxy) is 1. The number of aliphatic hydroxyl groups excluding tert-OH is 1. The van der Waals surface area contributed by atoms with Crippen LogP contribution in [0.4, 0.5) is 5.69 Å². The third-order valence-electron chi connectivity index (χ3n) is 5.77. The van der Waals surface area contributed by atoms with Crippen LogP contribution in [0.25, 0.3) is 0 Å². The number of nitrogens with zero attached hydrogens (tertiary/aromatic N) is 4. The van der Waals surface area contributed by atoms with Crippen molar-refractivity contribution in [1.29, 1.82) is 0 Å². The second kappa shape index (κ2) is 14.5. The summed E-state index contributed by atoms with van der Waals surface area (Å²) in [5, 5.41) is 20.9. The van der Waals surface area contributed by atoms with Crippen LogP contribution in [-0.2, 0) is 4.79 Å². The van der Waals surface area contributed by atoms with Crippen LogP contribution in [0.2, 0.25) is 0 Å². The van der Waals surface area contributed by atoms with Crippen molar-refractivity contribution in [2.45, 2.75) is 31.8 Å². The van der Waals surface area contributed by atoms with Crippen molar-refractivity contribution < 1.29 is 19.6 Å². The Morgan fingerprint density at radius 1 is 1.00 bits per heavy atom. The number of β-amino-alcohol motifs (C(OH)–C–C–N with tert-alkyl or cyclic N) is 1. The molecule has 1 aromatic carbocycles. The lowest BCUT2D eigenvalue weighted by Gasteiger charge is -2.36. The Kier molecular flexibility index (Phi) is 12.9. The molecule has 1 unspecified atom stereocenters. The van der Waals surface area contributed by atoms with E-state index in [9.17, 15) is 20.0 Å². The molecule has 32 heavy (non-hydrogen) atoms. The summed E-state index contributed by atoms with van der Waals surface area (Å²) < 4.78 is 5.52. The van der Waals surface area contributed by atoms with E-state index in [0.29, 0.717) is 31.8 Å². The fourth-order valence-electron chi connectivity index (χ4n) is 3.98. The van der Waals surface area contributed by atoms with Crippen LogP contribution in [0.5, 0.6) is 5.75 Å². The average molecular weight is 493 g/mol. The number of benzene rings is 1. The Bertz CT molecular complexity index is 696. The minimum Gasteiger partial charge on any atom is -0.491 e. The van der Waals surface area contributed by atoms with E-state index >= 15 is 0 Å². The number of piperidine rings is 1. The first-order valence-electron chi connectivity index (χ1n) is 10.8. The van der Waals surface area contributed by atoms with Gasteiger partial charge in [-0.2, -0.15) is 0 Å². The van der Waals surface area contributed by atoms with Gasteiger partial charge in [-0.05, 0) is 38.1 Å². The van der Waals surface area contributed by atoms with Crippen LogP contribution in [0.3, 0.4) is 0 Å². The molecule has 2 aliphatic rings.